The van der Waals surface area contributed by atoms with Crippen LogP contribution in [-0.2, 0) is 11.2 Å². The third-order valence-electron chi connectivity index (χ3n) is 2.74. The standard InChI is InChI=1S/C15H21NO2/c1-4-7-12(2)15(17)16-11-10-13-8-5-6-9-14(13)18-3/h5-9H,4,10-11H2,1-3H3,(H,16,17)/b12-7-. The fourth-order valence-corrected chi connectivity index (χ4v) is 1.76. The molecule has 0 aromatic heterocycles. The molecule has 0 unspecified atom stereocenters. The van der Waals surface area contributed by atoms with Crippen molar-refractivity contribution in [1.82, 2.24) is 5.32 Å². The van der Waals surface area contributed by atoms with Crippen LogP contribution in [0.25, 0.3) is 0 Å². The van der Waals surface area contributed by atoms with Crippen LogP contribution >= 0.6 is 0 Å². The van der Waals surface area contributed by atoms with Crippen LogP contribution in [0, 0.1) is 0 Å². The van der Waals surface area contributed by atoms with E-state index in [9.17, 15) is 4.79 Å². The lowest BCUT2D eigenvalue weighted by Gasteiger charge is -2.09. The number of nitrogens with one attached hydrogen (secondary N) is 1. The van der Waals surface area contributed by atoms with Crippen molar-refractivity contribution in [2.24, 2.45) is 0 Å². The predicted octanol–water partition coefficient (Wildman–Crippen LogP) is 2.71. The first-order valence-corrected chi connectivity index (χ1v) is 6.25. The summed E-state index contributed by atoms with van der Waals surface area (Å²) in [6, 6.07) is 7.86. The van der Waals surface area contributed by atoms with E-state index in [1.54, 1.807) is 7.11 Å². The molecule has 0 heterocycles. The smallest absolute Gasteiger partial charge is 0.246 e. The summed E-state index contributed by atoms with van der Waals surface area (Å²) in [5.41, 5.74) is 1.88. The Hall–Kier alpha value is -1.77. The molecule has 1 aromatic carbocycles. The number of carbonyl (C=O) groups is 1. The second kappa shape index (κ2) is 7.54. The Labute approximate surface area is 109 Å². The summed E-state index contributed by atoms with van der Waals surface area (Å²) in [5.74, 6) is 0.874. The van der Waals surface area contributed by atoms with E-state index in [4.69, 9.17) is 4.74 Å². The average molecular weight is 247 g/mol. The summed E-state index contributed by atoms with van der Waals surface area (Å²) >= 11 is 0. The first kappa shape index (κ1) is 14.3. The van der Waals surface area contributed by atoms with Crippen LogP contribution in [-0.4, -0.2) is 19.6 Å². The summed E-state index contributed by atoms with van der Waals surface area (Å²) in [6.07, 6.45) is 3.58. The van der Waals surface area contributed by atoms with Crippen LogP contribution in [0.1, 0.15) is 25.8 Å². The lowest BCUT2D eigenvalue weighted by atomic mass is 10.1. The van der Waals surface area contributed by atoms with Gasteiger partial charge in [0, 0.05) is 12.1 Å². The van der Waals surface area contributed by atoms with E-state index in [0.717, 1.165) is 29.7 Å². The van der Waals surface area contributed by atoms with Crippen molar-refractivity contribution in [3.05, 3.63) is 41.5 Å². The lowest BCUT2D eigenvalue weighted by Crippen LogP contribution is -2.26. The first-order chi connectivity index (χ1) is 8.69. The zero-order valence-corrected chi connectivity index (χ0v) is 11.3. The van der Waals surface area contributed by atoms with Crippen LogP contribution in [0.2, 0.25) is 0 Å². The molecule has 3 nitrogen and oxygen atoms in total. The van der Waals surface area contributed by atoms with Crippen molar-refractivity contribution in [1.29, 1.82) is 0 Å². The maximum absolute atomic E-state index is 11.7. The number of benzene rings is 1. The van der Waals surface area contributed by atoms with Crippen molar-refractivity contribution in [3.63, 3.8) is 0 Å². The molecule has 0 aliphatic heterocycles. The van der Waals surface area contributed by atoms with Gasteiger partial charge in [0.05, 0.1) is 7.11 Å². The highest BCUT2D eigenvalue weighted by molar-refractivity contribution is 5.92. The third kappa shape index (κ3) is 4.24. The van der Waals surface area contributed by atoms with E-state index >= 15 is 0 Å². The molecule has 98 valence electrons. The normalized spacial score (nSPS) is 11.2. The molecule has 0 fully saturated rings. The largest absolute Gasteiger partial charge is 0.496 e. The third-order valence-corrected chi connectivity index (χ3v) is 2.74. The number of amides is 1. The number of methoxy groups -OCH3 is 1. The van der Waals surface area contributed by atoms with E-state index in [0.29, 0.717) is 6.54 Å². The maximum atomic E-state index is 11.7. The van der Waals surface area contributed by atoms with Gasteiger partial charge in [-0.1, -0.05) is 31.2 Å². The number of para-hydroxylation sites is 1. The Bertz CT molecular complexity index is 424. The van der Waals surface area contributed by atoms with E-state index < -0.39 is 0 Å². The van der Waals surface area contributed by atoms with Crippen molar-refractivity contribution in [2.45, 2.75) is 26.7 Å². The molecule has 0 saturated heterocycles. The summed E-state index contributed by atoms with van der Waals surface area (Å²) in [7, 11) is 1.66. The summed E-state index contributed by atoms with van der Waals surface area (Å²) in [6.45, 7) is 4.47. The monoisotopic (exact) mass is 247 g/mol. The Morgan fingerprint density at radius 2 is 2.11 bits per heavy atom. The van der Waals surface area contributed by atoms with Gasteiger partial charge in [0.2, 0.25) is 5.91 Å². The number of rotatable bonds is 6. The molecule has 0 bridgehead atoms. The molecule has 0 saturated carbocycles. The van der Waals surface area contributed by atoms with Crippen LogP contribution < -0.4 is 10.1 Å². The highest BCUT2D eigenvalue weighted by atomic mass is 16.5. The number of carbonyl (C=O) groups excluding carboxylic acids is 1. The molecule has 18 heavy (non-hydrogen) atoms. The van der Waals surface area contributed by atoms with Crippen LogP contribution in [0.15, 0.2) is 35.9 Å². The molecule has 0 aliphatic carbocycles. The van der Waals surface area contributed by atoms with Gasteiger partial charge in [-0.15, -0.1) is 0 Å². The van der Waals surface area contributed by atoms with Gasteiger partial charge < -0.3 is 10.1 Å². The van der Waals surface area contributed by atoms with Crippen molar-refractivity contribution >= 4 is 5.91 Å². The van der Waals surface area contributed by atoms with E-state index in [2.05, 4.69) is 5.32 Å². The number of hydrogen-bond acceptors (Lipinski definition) is 2. The van der Waals surface area contributed by atoms with Gasteiger partial charge in [-0.3, -0.25) is 4.79 Å². The van der Waals surface area contributed by atoms with Crippen LogP contribution in [0.3, 0.4) is 0 Å². The Morgan fingerprint density at radius 1 is 1.39 bits per heavy atom. The number of ether oxygens (including phenoxy) is 1. The molecule has 1 aromatic rings. The van der Waals surface area contributed by atoms with Gasteiger partial charge in [0.25, 0.3) is 0 Å². The molecular weight excluding hydrogens is 226 g/mol. The average Bonchev–Trinajstić information content (AvgIpc) is 2.39. The second-order valence-corrected chi connectivity index (χ2v) is 4.11. The van der Waals surface area contributed by atoms with Crippen molar-refractivity contribution < 1.29 is 9.53 Å². The minimum atomic E-state index is 0.00625. The molecule has 0 aliphatic rings. The highest BCUT2D eigenvalue weighted by Crippen LogP contribution is 2.17. The number of allylic oxidation sites excluding steroid dienone is 1. The molecule has 1 N–H and O–H groups in total. The fourth-order valence-electron chi connectivity index (χ4n) is 1.76. The van der Waals surface area contributed by atoms with Crippen molar-refractivity contribution in [2.75, 3.05) is 13.7 Å². The molecular formula is C15H21NO2. The summed E-state index contributed by atoms with van der Waals surface area (Å²) < 4.78 is 5.26. The Morgan fingerprint density at radius 3 is 2.78 bits per heavy atom. The Kier molecular flexibility index (Phi) is 5.98. The van der Waals surface area contributed by atoms with E-state index in [1.165, 1.54) is 0 Å². The van der Waals surface area contributed by atoms with Gasteiger partial charge in [0.15, 0.2) is 0 Å². The van der Waals surface area contributed by atoms with Gasteiger partial charge in [0.1, 0.15) is 5.75 Å². The van der Waals surface area contributed by atoms with Gasteiger partial charge >= 0.3 is 0 Å². The SMILES string of the molecule is CC/C=C(/C)C(=O)NCCc1ccccc1OC. The first-order valence-electron chi connectivity index (χ1n) is 6.25. The number of hydrogen-bond donors (Lipinski definition) is 1. The zero-order chi connectivity index (χ0) is 13.4. The quantitative estimate of drug-likeness (QED) is 0.785. The van der Waals surface area contributed by atoms with Crippen LogP contribution in [0.5, 0.6) is 5.75 Å². The van der Waals surface area contributed by atoms with Crippen LogP contribution in [0.4, 0.5) is 0 Å². The van der Waals surface area contributed by atoms with E-state index in [-0.39, 0.29) is 5.91 Å². The molecule has 3 heteroatoms. The minimum absolute atomic E-state index is 0.00625. The van der Waals surface area contributed by atoms with Gasteiger partial charge in [-0.25, -0.2) is 0 Å². The maximum Gasteiger partial charge on any atom is 0.246 e. The molecule has 0 radical (unpaired) electrons. The topological polar surface area (TPSA) is 38.3 Å². The summed E-state index contributed by atoms with van der Waals surface area (Å²) in [4.78, 5) is 11.7. The summed E-state index contributed by atoms with van der Waals surface area (Å²) in [5, 5.41) is 2.90. The van der Waals surface area contributed by atoms with Crippen molar-refractivity contribution in [3.8, 4) is 5.75 Å². The predicted molar refractivity (Wildman–Crippen MR) is 73.8 cm³/mol. The molecule has 0 atom stereocenters. The van der Waals surface area contributed by atoms with Gasteiger partial charge in [-0.2, -0.15) is 0 Å². The molecule has 0 spiro atoms. The van der Waals surface area contributed by atoms with E-state index in [1.807, 2.05) is 44.2 Å². The van der Waals surface area contributed by atoms with Gasteiger partial charge in [-0.05, 0) is 31.4 Å². The highest BCUT2D eigenvalue weighted by Gasteiger charge is 2.04. The fraction of sp³-hybridized carbons (Fsp3) is 0.400. The molecule has 1 amide bonds. The zero-order valence-electron chi connectivity index (χ0n) is 11.3. The minimum Gasteiger partial charge on any atom is -0.496 e. The Balaban J connectivity index is 2.47. The lowest BCUT2D eigenvalue weighted by molar-refractivity contribution is -0.117. The second-order valence-electron chi connectivity index (χ2n) is 4.11. The molecule has 1 rings (SSSR count).